The molecule has 0 spiro atoms. The summed E-state index contributed by atoms with van der Waals surface area (Å²) in [5.74, 6) is 0.885. The first-order chi connectivity index (χ1) is 10.6. The Morgan fingerprint density at radius 1 is 1.23 bits per heavy atom. The van der Waals surface area contributed by atoms with Crippen molar-refractivity contribution in [2.24, 2.45) is 7.05 Å². The van der Waals surface area contributed by atoms with Gasteiger partial charge in [0.25, 0.3) is 0 Å². The van der Waals surface area contributed by atoms with Crippen molar-refractivity contribution >= 4 is 11.7 Å². The van der Waals surface area contributed by atoms with Gasteiger partial charge in [0.15, 0.2) is 0 Å². The zero-order valence-electron chi connectivity index (χ0n) is 12.3. The molecule has 112 valence electrons. The number of hydrogen-bond acceptors (Lipinski definition) is 5. The minimum Gasteiger partial charge on any atom is -0.309 e. The zero-order valence-corrected chi connectivity index (χ0v) is 12.3. The first-order valence-electron chi connectivity index (χ1n) is 6.75. The molecule has 22 heavy (non-hydrogen) atoms. The summed E-state index contributed by atoms with van der Waals surface area (Å²) in [5, 5.41) is 19.0. The van der Waals surface area contributed by atoms with Crippen molar-refractivity contribution in [1.82, 2.24) is 30.0 Å². The van der Waals surface area contributed by atoms with E-state index in [1.165, 1.54) is 4.80 Å². The molecule has 0 saturated carbocycles. The molecular formula is C14H15N7O. The summed E-state index contributed by atoms with van der Waals surface area (Å²) in [7, 11) is 1.77. The fraction of sp³-hybridized carbons (Fsp3) is 0.214. The van der Waals surface area contributed by atoms with Gasteiger partial charge in [0, 0.05) is 18.7 Å². The number of aryl methyl sites for hydroxylation is 2. The van der Waals surface area contributed by atoms with E-state index in [0.29, 0.717) is 11.6 Å². The maximum Gasteiger partial charge on any atom is 0.249 e. The predicted octanol–water partition coefficient (Wildman–Crippen LogP) is 1.02. The molecule has 0 aliphatic rings. The van der Waals surface area contributed by atoms with Crippen LogP contribution in [0.3, 0.4) is 0 Å². The summed E-state index contributed by atoms with van der Waals surface area (Å²) in [5.41, 5.74) is 1.69. The maximum atomic E-state index is 12.0. The van der Waals surface area contributed by atoms with Crippen molar-refractivity contribution in [2.45, 2.75) is 13.5 Å². The highest BCUT2D eigenvalue weighted by Crippen LogP contribution is 2.12. The molecule has 2 aromatic heterocycles. The lowest BCUT2D eigenvalue weighted by Gasteiger charge is -2.03. The molecule has 2 heterocycles. The average molecular weight is 297 g/mol. The Kier molecular flexibility index (Phi) is 3.65. The second kappa shape index (κ2) is 5.76. The van der Waals surface area contributed by atoms with Gasteiger partial charge in [-0.3, -0.25) is 9.48 Å². The fourth-order valence-corrected chi connectivity index (χ4v) is 2.05. The number of hydrogen-bond donors (Lipinski definition) is 1. The second-order valence-electron chi connectivity index (χ2n) is 4.85. The highest BCUT2D eigenvalue weighted by molar-refractivity contribution is 5.89. The molecule has 0 bridgehead atoms. The van der Waals surface area contributed by atoms with Gasteiger partial charge in [0.05, 0.1) is 5.69 Å². The van der Waals surface area contributed by atoms with Gasteiger partial charge in [-0.15, -0.1) is 10.2 Å². The van der Waals surface area contributed by atoms with E-state index in [1.54, 1.807) is 17.8 Å². The number of nitrogens with one attached hydrogen (secondary N) is 1. The number of rotatable bonds is 4. The molecule has 0 aliphatic carbocycles. The van der Waals surface area contributed by atoms with Crippen LogP contribution >= 0.6 is 0 Å². The molecule has 0 saturated heterocycles. The Bertz CT molecular complexity index is 791. The van der Waals surface area contributed by atoms with Gasteiger partial charge in [0.2, 0.25) is 11.7 Å². The molecule has 0 aliphatic heterocycles. The lowest BCUT2D eigenvalue weighted by atomic mass is 10.2. The van der Waals surface area contributed by atoms with Gasteiger partial charge in [-0.1, -0.05) is 30.3 Å². The van der Waals surface area contributed by atoms with Crippen LogP contribution < -0.4 is 5.32 Å². The van der Waals surface area contributed by atoms with Gasteiger partial charge in [0.1, 0.15) is 12.4 Å². The SMILES string of the molecule is Cc1cc(NC(=O)Cn2nnc(-c3ccccc3)n2)n(C)n1. The minimum absolute atomic E-state index is 0.00986. The summed E-state index contributed by atoms with van der Waals surface area (Å²) < 4.78 is 1.61. The van der Waals surface area contributed by atoms with Gasteiger partial charge >= 0.3 is 0 Å². The first-order valence-corrected chi connectivity index (χ1v) is 6.75. The molecule has 1 amide bonds. The van der Waals surface area contributed by atoms with Crippen molar-refractivity contribution in [1.29, 1.82) is 0 Å². The van der Waals surface area contributed by atoms with E-state index < -0.39 is 0 Å². The maximum absolute atomic E-state index is 12.0. The van der Waals surface area contributed by atoms with E-state index in [9.17, 15) is 4.79 Å². The molecular weight excluding hydrogens is 282 g/mol. The van der Waals surface area contributed by atoms with Crippen LogP contribution in [0.4, 0.5) is 5.82 Å². The van der Waals surface area contributed by atoms with E-state index in [2.05, 4.69) is 25.8 Å². The number of carbonyl (C=O) groups excluding carboxylic acids is 1. The predicted molar refractivity (Wildman–Crippen MR) is 79.8 cm³/mol. The summed E-state index contributed by atoms with van der Waals surface area (Å²) in [6.07, 6.45) is 0. The Hall–Kier alpha value is -3.03. The number of nitrogens with zero attached hydrogens (tertiary/aromatic N) is 6. The molecule has 8 nitrogen and oxygen atoms in total. The van der Waals surface area contributed by atoms with E-state index in [1.807, 2.05) is 37.3 Å². The first kappa shape index (κ1) is 13.9. The van der Waals surface area contributed by atoms with Crippen molar-refractivity contribution in [2.75, 3.05) is 5.32 Å². The Labute approximate surface area is 126 Å². The lowest BCUT2D eigenvalue weighted by Crippen LogP contribution is -2.21. The quantitative estimate of drug-likeness (QED) is 0.776. The highest BCUT2D eigenvalue weighted by Gasteiger charge is 2.11. The standard InChI is InChI=1S/C14H15N7O/c1-10-8-12(20(2)17-10)15-13(22)9-21-18-14(16-19-21)11-6-4-3-5-7-11/h3-8H,9H2,1-2H3,(H,15,22). The molecule has 1 N–H and O–H groups in total. The third-order valence-electron chi connectivity index (χ3n) is 3.04. The van der Waals surface area contributed by atoms with Crippen LogP contribution in [0, 0.1) is 6.92 Å². The topological polar surface area (TPSA) is 90.5 Å². The van der Waals surface area contributed by atoms with Crippen molar-refractivity contribution in [3.05, 3.63) is 42.1 Å². The third-order valence-corrected chi connectivity index (χ3v) is 3.04. The monoisotopic (exact) mass is 297 g/mol. The lowest BCUT2D eigenvalue weighted by molar-refractivity contribution is -0.117. The summed E-state index contributed by atoms with van der Waals surface area (Å²) in [4.78, 5) is 13.3. The normalized spacial score (nSPS) is 10.6. The number of carbonyl (C=O) groups is 1. The van der Waals surface area contributed by atoms with Crippen LogP contribution in [-0.2, 0) is 18.4 Å². The van der Waals surface area contributed by atoms with E-state index in [4.69, 9.17) is 0 Å². The molecule has 0 fully saturated rings. The van der Waals surface area contributed by atoms with Crippen molar-refractivity contribution < 1.29 is 4.79 Å². The summed E-state index contributed by atoms with van der Waals surface area (Å²) in [6.45, 7) is 1.85. The van der Waals surface area contributed by atoms with Crippen molar-refractivity contribution in [3.8, 4) is 11.4 Å². The smallest absolute Gasteiger partial charge is 0.249 e. The van der Waals surface area contributed by atoms with Gasteiger partial charge in [-0.2, -0.15) is 9.90 Å². The van der Waals surface area contributed by atoms with Gasteiger partial charge in [-0.25, -0.2) is 0 Å². The largest absolute Gasteiger partial charge is 0.309 e. The number of amides is 1. The van der Waals surface area contributed by atoms with Crippen LogP contribution in [0.2, 0.25) is 0 Å². The fourth-order valence-electron chi connectivity index (χ4n) is 2.05. The van der Waals surface area contributed by atoms with E-state index in [0.717, 1.165) is 11.3 Å². The van der Waals surface area contributed by atoms with Gasteiger partial charge < -0.3 is 5.32 Å². The number of aromatic nitrogens is 6. The number of tetrazole rings is 1. The molecule has 1 aromatic carbocycles. The summed E-state index contributed by atoms with van der Waals surface area (Å²) in [6, 6.07) is 11.3. The summed E-state index contributed by atoms with van der Waals surface area (Å²) >= 11 is 0. The zero-order chi connectivity index (χ0) is 15.5. The second-order valence-corrected chi connectivity index (χ2v) is 4.85. The average Bonchev–Trinajstić information content (AvgIpc) is 3.07. The Balaban J connectivity index is 1.67. The molecule has 0 atom stereocenters. The Morgan fingerprint density at radius 3 is 2.68 bits per heavy atom. The molecule has 0 radical (unpaired) electrons. The van der Waals surface area contributed by atoms with Gasteiger partial charge in [-0.05, 0) is 12.1 Å². The van der Waals surface area contributed by atoms with Crippen LogP contribution in [0.1, 0.15) is 5.69 Å². The molecule has 3 rings (SSSR count). The van der Waals surface area contributed by atoms with Crippen LogP contribution in [0.25, 0.3) is 11.4 Å². The molecule has 8 heteroatoms. The molecule has 0 unspecified atom stereocenters. The minimum atomic E-state index is -0.236. The van der Waals surface area contributed by atoms with Crippen LogP contribution in [0.5, 0.6) is 0 Å². The van der Waals surface area contributed by atoms with E-state index in [-0.39, 0.29) is 12.5 Å². The Morgan fingerprint density at radius 2 is 2.00 bits per heavy atom. The molecule has 3 aromatic rings. The third kappa shape index (κ3) is 3.00. The highest BCUT2D eigenvalue weighted by atomic mass is 16.2. The number of anilines is 1. The van der Waals surface area contributed by atoms with Crippen LogP contribution in [0.15, 0.2) is 36.4 Å². The number of benzene rings is 1. The van der Waals surface area contributed by atoms with E-state index >= 15 is 0 Å². The van der Waals surface area contributed by atoms with Crippen LogP contribution in [-0.4, -0.2) is 35.9 Å². The van der Waals surface area contributed by atoms with Crippen molar-refractivity contribution in [3.63, 3.8) is 0 Å².